The summed E-state index contributed by atoms with van der Waals surface area (Å²) in [7, 11) is 0. The Morgan fingerprint density at radius 1 is 1.13 bits per heavy atom. The van der Waals surface area contributed by atoms with Crippen molar-refractivity contribution >= 4 is 49.1 Å². The van der Waals surface area contributed by atoms with Gasteiger partial charge in [0.1, 0.15) is 10.9 Å². The van der Waals surface area contributed by atoms with Gasteiger partial charge in [-0.05, 0) is 61.7 Å². The number of halogens is 1. The molecule has 1 atom stereocenters. The summed E-state index contributed by atoms with van der Waals surface area (Å²) >= 11 is 4.81. The predicted octanol–water partition coefficient (Wildman–Crippen LogP) is 5.70. The van der Waals surface area contributed by atoms with Crippen LogP contribution >= 0.6 is 27.3 Å². The number of thiophene rings is 1. The second kappa shape index (κ2) is 8.16. The predicted molar refractivity (Wildman–Crippen MR) is 126 cm³/mol. The van der Waals surface area contributed by atoms with Crippen LogP contribution in [0.1, 0.15) is 24.1 Å². The highest BCUT2D eigenvalue weighted by atomic mass is 79.9. The molecule has 4 aromatic rings. The van der Waals surface area contributed by atoms with E-state index in [4.69, 9.17) is 0 Å². The van der Waals surface area contributed by atoms with Gasteiger partial charge in [-0.1, -0.05) is 34.1 Å². The zero-order valence-corrected chi connectivity index (χ0v) is 19.2. The number of rotatable bonds is 4. The lowest BCUT2D eigenvalue weighted by Gasteiger charge is -2.15. The Labute approximate surface area is 186 Å². The van der Waals surface area contributed by atoms with Gasteiger partial charge >= 0.3 is 0 Å². The summed E-state index contributed by atoms with van der Waals surface area (Å²) in [5, 5.41) is 5.36. The highest BCUT2D eigenvalue weighted by Crippen LogP contribution is 2.32. The van der Waals surface area contributed by atoms with Gasteiger partial charge in [-0.2, -0.15) is 0 Å². The van der Waals surface area contributed by atoms with E-state index in [-0.39, 0.29) is 11.5 Å². The number of carbonyl (C=O) groups excluding carboxylic acids is 1. The molecule has 0 saturated heterocycles. The lowest BCUT2D eigenvalue weighted by molar-refractivity contribution is -0.118. The normalized spacial score (nSPS) is 12.1. The average Bonchev–Trinajstić information content (AvgIpc) is 3.16. The van der Waals surface area contributed by atoms with Crippen LogP contribution in [0.4, 0.5) is 5.69 Å². The molecule has 2 aromatic heterocycles. The van der Waals surface area contributed by atoms with Crippen LogP contribution < -0.4 is 10.9 Å². The molecule has 2 aromatic carbocycles. The SMILES string of the molecule is Cc1ccc(-c2csc3ncn(C(C)C(=O)Nc4ccc(Br)cc4)c(=O)c23)cc1C. The van der Waals surface area contributed by atoms with Crippen LogP contribution in [-0.4, -0.2) is 15.5 Å². The van der Waals surface area contributed by atoms with Gasteiger partial charge in [0.05, 0.1) is 11.7 Å². The standard InChI is InChI=1S/C23H20BrN3O2S/c1-13-4-5-16(10-14(13)2)19-11-30-22-20(19)23(29)27(12-25-22)15(3)21(28)26-18-8-6-17(24)7-9-18/h4-12,15H,1-3H3,(H,26,28). The van der Waals surface area contributed by atoms with E-state index in [1.165, 1.54) is 33.4 Å². The van der Waals surface area contributed by atoms with E-state index in [0.717, 1.165) is 15.6 Å². The third-order valence-electron chi connectivity index (χ3n) is 5.25. The summed E-state index contributed by atoms with van der Waals surface area (Å²) in [6.45, 7) is 5.81. The summed E-state index contributed by atoms with van der Waals surface area (Å²) in [6, 6.07) is 12.7. The maximum atomic E-state index is 13.3. The van der Waals surface area contributed by atoms with E-state index in [9.17, 15) is 9.59 Å². The number of anilines is 1. The van der Waals surface area contributed by atoms with Crippen molar-refractivity contribution in [1.29, 1.82) is 0 Å². The fourth-order valence-corrected chi connectivity index (χ4v) is 4.42. The van der Waals surface area contributed by atoms with Gasteiger partial charge in [0.25, 0.3) is 5.56 Å². The lowest BCUT2D eigenvalue weighted by Crippen LogP contribution is -2.31. The summed E-state index contributed by atoms with van der Waals surface area (Å²) in [4.78, 5) is 31.2. The molecule has 7 heteroatoms. The van der Waals surface area contributed by atoms with Crippen molar-refractivity contribution < 1.29 is 4.79 Å². The monoisotopic (exact) mass is 481 g/mol. The van der Waals surface area contributed by atoms with Gasteiger partial charge in [-0.25, -0.2) is 4.98 Å². The zero-order valence-electron chi connectivity index (χ0n) is 16.8. The first-order valence-corrected chi connectivity index (χ1v) is 11.1. The van der Waals surface area contributed by atoms with Crippen molar-refractivity contribution in [3.63, 3.8) is 0 Å². The summed E-state index contributed by atoms with van der Waals surface area (Å²) in [5.41, 5.74) is 4.65. The molecule has 1 unspecified atom stereocenters. The molecule has 0 aliphatic carbocycles. The van der Waals surface area contributed by atoms with E-state index < -0.39 is 6.04 Å². The number of fused-ring (bicyclic) bond motifs is 1. The molecule has 152 valence electrons. The van der Waals surface area contributed by atoms with E-state index in [0.29, 0.717) is 15.9 Å². The van der Waals surface area contributed by atoms with Crippen LogP contribution in [0.3, 0.4) is 0 Å². The van der Waals surface area contributed by atoms with Crippen LogP contribution in [0.15, 0.2) is 63.4 Å². The molecule has 1 N–H and O–H groups in total. The number of amides is 1. The molecule has 0 aliphatic rings. The molecular weight excluding hydrogens is 462 g/mol. The molecule has 2 heterocycles. The molecule has 4 rings (SSSR count). The third kappa shape index (κ3) is 3.82. The maximum absolute atomic E-state index is 13.3. The second-order valence-corrected chi connectivity index (χ2v) is 9.03. The fourth-order valence-electron chi connectivity index (χ4n) is 3.25. The number of nitrogens with zero attached hydrogens (tertiary/aromatic N) is 2. The van der Waals surface area contributed by atoms with Crippen molar-refractivity contribution in [2.75, 3.05) is 5.32 Å². The molecule has 1 amide bonds. The third-order valence-corrected chi connectivity index (χ3v) is 6.66. The Morgan fingerprint density at radius 2 is 1.87 bits per heavy atom. The highest BCUT2D eigenvalue weighted by Gasteiger charge is 2.20. The van der Waals surface area contributed by atoms with Gasteiger partial charge in [0.15, 0.2) is 0 Å². The van der Waals surface area contributed by atoms with E-state index >= 15 is 0 Å². The highest BCUT2D eigenvalue weighted by molar-refractivity contribution is 9.10. The van der Waals surface area contributed by atoms with Gasteiger partial charge in [-0.3, -0.25) is 14.2 Å². The quantitative estimate of drug-likeness (QED) is 0.406. The summed E-state index contributed by atoms with van der Waals surface area (Å²) in [6.07, 6.45) is 1.46. The lowest BCUT2D eigenvalue weighted by atomic mass is 10.0. The van der Waals surface area contributed by atoms with Crippen LogP contribution in [0.5, 0.6) is 0 Å². The van der Waals surface area contributed by atoms with Gasteiger partial charge < -0.3 is 5.32 Å². The molecule has 5 nitrogen and oxygen atoms in total. The minimum atomic E-state index is -0.703. The van der Waals surface area contributed by atoms with Crippen LogP contribution in [0.25, 0.3) is 21.3 Å². The van der Waals surface area contributed by atoms with Gasteiger partial charge in [0, 0.05) is 21.1 Å². The van der Waals surface area contributed by atoms with Crippen molar-refractivity contribution in [1.82, 2.24) is 9.55 Å². The minimum Gasteiger partial charge on any atom is -0.324 e. The van der Waals surface area contributed by atoms with Crippen LogP contribution in [0, 0.1) is 13.8 Å². The Kier molecular flexibility index (Phi) is 5.58. The Balaban J connectivity index is 1.72. The number of aromatic nitrogens is 2. The number of nitrogens with one attached hydrogen (secondary N) is 1. The van der Waals surface area contributed by atoms with E-state index in [1.807, 2.05) is 23.6 Å². The molecule has 0 spiro atoms. The van der Waals surface area contributed by atoms with Crippen molar-refractivity contribution in [2.45, 2.75) is 26.8 Å². The smallest absolute Gasteiger partial charge is 0.263 e. The van der Waals surface area contributed by atoms with Gasteiger partial charge in [0.2, 0.25) is 5.91 Å². The molecule has 0 radical (unpaired) electrons. The summed E-state index contributed by atoms with van der Waals surface area (Å²) in [5.74, 6) is -0.275. The molecule has 0 bridgehead atoms. The van der Waals surface area contributed by atoms with Gasteiger partial charge in [-0.15, -0.1) is 11.3 Å². The first-order valence-electron chi connectivity index (χ1n) is 9.47. The first-order chi connectivity index (χ1) is 14.3. The Morgan fingerprint density at radius 3 is 2.57 bits per heavy atom. The minimum absolute atomic E-state index is 0.215. The van der Waals surface area contributed by atoms with Crippen LogP contribution in [-0.2, 0) is 4.79 Å². The average molecular weight is 482 g/mol. The fraction of sp³-hybridized carbons (Fsp3) is 0.174. The molecule has 0 aliphatic heterocycles. The topological polar surface area (TPSA) is 64.0 Å². The largest absolute Gasteiger partial charge is 0.324 e. The second-order valence-electron chi connectivity index (χ2n) is 7.26. The summed E-state index contributed by atoms with van der Waals surface area (Å²) < 4.78 is 2.32. The molecule has 0 fully saturated rings. The van der Waals surface area contributed by atoms with Crippen molar-refractivity contribution in [2.24, 2.45) is 0 Å². The Hall–Kier alpha value is -2.77. The van der Waals surface area contributed by atoms with E-state index in [1.54, 1.807) is 19.1 Å². The number of hydrogen-bond donors (Lipinski definition) is 1. The molecule has 0 saturated carbocycles. The first kappa shape index (κ1) is 20.5. The van der Waals surface area contributed by atoms with Crippen LogP contribution in [0.2, 0.25) is 0 Å². The number of carbonyl (C=O) groups is 1. The van der Waals surface area contributed by atoms with E-state index in [2.05, 4.69) is 52.2 Å². The molecular formula is C23H20BrN3O2S. The number of benzene rings is 2. The zero-order chi connectivity index (χ0) is 21.4. The Bertz CT molecular complexity index is 1310. The van der Waals surface area contributed by atoms with Crippen molar-refractivity contribution in [3.8, 4) is 11.1 Å². The number of aryl methyl sites for hydroxylation is 2. The maximum Gasteiger partial charge on any atom is 0.263 e. The van der Waals surface area contributed by atoms with Crippen molar-refractivity contribution in [3.05, 3.63) is 80.1 Å². The molecule has 30 heavy (non-hydrogen) atoms. The number of hydrogen-bond acceptors (Lipinski definition) is 4.